The van der Waals surface area contributed by atoms with Gasteiger partial charge < -0.3 is 10.6 Å². The molecule has 10 heteroatoms. The molecule has 2 aromatic heterocycles. The molecule has 3 N–H and O–H groups in total. The van der Waals surface area contributed by atoms with Crippen LogP contribution in [0.2, 0.25) is 0 Å². The number of imide groups is 1. The fourth-order valence-electron chi connectivity index (χ4n) is 3.03. The SMILES string of the molecule is Cc1nc(-c2ccc(CNC(=O)c3ccccc3SC[C@@]3(C)NC(=O)NC3=O)s2)cs1. The highest BCUT2D eigenvalue weighted by Gasteiger charge is 2.41. The number of rotatable bonds is 7. The maximum atomic E-state index is 12.8. The van der Waals surface area contributed by atoms with Gasteiger partial charge in [0, 0.05) is 20.9 Å². The van der Waals surface area contributed by atoms with E-state index in [1.54, 1.807) is 41.7 Å². The lowest BCUT2D eigenvalue weighted by Crippen LogP contribution is -2.46. The number of thiophene rings is 1. The maximum Gasteiger partial charge on any atom is 0.322 e. The smallest absolute Gasteiger partial charge is 0.322 e. The summed E-state index contributed by atoms with van der Waals surface area (Å²) in [5.41, 5.74) is 0.489. The third kappa shape index (κ3) is 4.81. The van der Waals surface area contributed by atoms with Gasteiger partial charge in [0.15, 0.2) is 0 Å². The number of hydrogen-bond donors (Lipinski definition) is 3. The zero-order valence-corrected chi connectivity index (χ0v) is 19.3. The summed E-state index contributed by atoms with van der Waals surface area (Å²) in [5.74, 6) is -0.237. The van der Waals surface area contributed by atoms with E-state index in [2.05, 4.69) is 20.9 Å². The minimum absolute atomic E-state index is 0.187. The summed E-state index contributed by atoms with van der Waals surface area (Å²) in [5, 5.41) is 10.9. The first kappa shape index (κ1) is 21.5. The number of hydrogen-bond acceptors (Lipinski definition) is 7. The number of urea groups is 1. The molecule has 0 aliphatic carbocycles. The van der Waals surface area contributed by atoms with Gasteiger partial charge in [0.05, 0.1) is 27.7 Å². The first-order valence-electron chi connectivity index (χ1n) is 9.49. The highest BCUT2D eigenvalue weighted by molar-refractivity contribution is 7.99. The largest absolute Gasteiger partial charge is 0.347 e. The first-order chi connectivity index (χ1) is 14.8. The molecule has 1 fully saturated rings. The molecule has 1 aliphatic rings. The molecule has 0 bridgehead atoms. The summed E-state index contributed by atoms with van der Waals surface area (Å²) >= 11 is 4.58. The third-order valence-corrected chi connectivity index (χ3v) is 7.99. The summed E-state index contributed by atoms with van der Waals surface area (Å²) < 4.78 is 0. The Kier molecular flexibility index (Phi) is 6.12. The molecule has 1 aliphatic heterocycles. The molecular formula is C21H20N4O3S3. The number of amides is 4. The average molecular weight is 473 g/mol. The van der Waals surface area contributed by atoms with Crippen LogP contribution in [0.15, 0.2) is 46.7 Å². The standard InChI is InChI=1S/C21H20N4O3S3/c1-12-23-15(10-29-12)17-8-7-13(31-17)9-22-18(26)14-5-3-4-6-16(14)30-11-21(2)19(27)24-20(28)25-21/h3-8,10H,9,11H2,1-2H3,(H,22,26)(H2,24,25,27,28)/t21-/m1/s1. The van der Waals surface area contributed by atoms with Crippen LogP contribution in [0.4, 0.5) is 4.79 Å². The molecule has 7 nitrogen and oxygen atoms in total. The number of thiazole rings is 1. The fourth-order valence-corrected chi connectivity index (χ4v) is 5.77. The van der Waals surface area contributed by atoms with E-state index in [0.29, 0.717) is 17.9 Å². The number of aromatic nitrogens is 1. The van der Waals surface area contributed by atoms with Crippen LogP contribution in [0.1, 0.15) is 27.2 Å². The van der Waals surface area contributed by atoms with Crippen molar-refractivity contribution in [2.75, 3.05) is 5.75 Å². The molecule has 31 heavy (non-hydrogen) atoms. The molecular weight excluding hydrogens is 452 g/mol. The predicted molar refractivity (Wildman–Crippen MR) is 124 cm³/mol. The Morgan fingerprint density at radius 3 is 2.74 bits per heavy atom. The summed E-state index contributed by atoms with van der Waals surface area (Å²) in [7, 11) is 0. The lowest BCUT2D eigenvalue weighted by molar-refractivity contribution is -0.122. The maximum absolute atomic E-state index is 12.8. The molecule has 0 unspecified atom stereocenters. The topological polar surface area (TPSA) is 100 Å². The Labute approximate surface area is 191 Å². The Bertz CT molecular complexity index is 1160. The minimum Gasteiger partial charge on any atom is -0.347 e. The van der Waals surface area contributed by atoms with Gasteiger partial charge in [-0.15, -0.1) is 34.4 Å². The molecule has 1 saturated heterocycles. The lowest BCUT2D eigenvalue weighted by atomic mass is 10.1. The van der Waals surface area contributed by atoms with E-state index in [1.165, 1.54) is 11.8 Å². The summed E-state index contributed by atoms with van der Waals surface area (Å²) in [6, 6.07) is 10.8. The fraction of sp³-hybridized carbons (Fsp3) is 0.238. The van der Waals surface area contributed by atoms with Gasteiger partial charge in [0.25, 0.3) is 11.8 Å². The van der Waals surface area contributed by atoms with E-state index < -0.39 is 11.6 Å². The number of benzene rings is 1. The monoisotopic (exact) mass is 472 g/mol. The first-order valence-corrected chi connectivity index (χ1v) is 12.2. The Morgan fingerprint density at radius 1 is 1.23 bits per heavy atom. The molecule has 0 saturated carbocycles. The van der Waals surface area contributed by atoms with E-state index in [4.69, 9.17) is 0 Å². The number of nitrogens with zero attached hydrogens (tertiary/aromatic N) is 1. The van der Waals surface area contributed by atoms with Gasteiger partial charge in [-0.05, 0) is 38.1 Å². The van der Waals surface area contributed by atoms with Gasteiger partial charge in [0.2, 0.25) is 0 Å². The number of thioether (sulfide) groups is 1. The summed E-state index contributed by atoms with van der Waals surface area (Å²) in [6.07, 6.45) is 0. The molecule has 4 amide bonds. The van der Waals surface area contributed by atoms with Crippen LogP contribution < -0.4 is 16.0 Å². The van der Waals surface area contributed by atoms with Crippen molar-refractivity contribution in [1.82, 2.24) is 20.9 Å². The molecule has 4 rings (SSSR count). The molecule has 3 heterocycles. The normalized spacial score (nSPS) is 18.0. The molecule has 1 aromatic carbocycles. The predicted octanol–water partition coefficient (Wildman–Crippen LogP) is 3.80. The molecule has 3 aromatic rings. The third-order valence-electron chi connectivity index (χ3n) is 4.72. The Hall–Kier alpha value is -2.69. The van der Waals surface area contributed by atoms with Gasteiger partial charge in [-0.2, -0.15) is 0 Å². The van der Waals surface area contributed by atoms with Gasteiger partial charge in [-0.1, -0.05) is 12.1 Å². The Balaban J connectivity index is 1.40. The van der Waals surface area contributed by atoms with Gasteiger partial charge in [-0.3, -0.25) is 14.9 Å². The van der Waals surface area contributed by atoms with Crippen molar-refractivity contribution >= 4 is 52.3 Å². The number of carbonyl (C=O) groups excluding carboxylic acids is 3. The number of nitrogens with one attached hydrogen (secondary N) is 3. The van der Waals surface area contributed by atoms with Gasteiger partial charge in [0.1, 0.15) is 5.54 Å². The quantitative estimate of drug-likeness (QED) is 0.359. The van der Waals surface area contributed by atoms with E-state index >= 15 is 0 Å². The highest BCUT2D eigenvalue weighted by atomic mass is 32.2. The van der Waals surface area contributed by atoms with Crippen molar-refractivity contribution in [2.45, 2.75) is 30.8 Å². The Morgan fingerprint density at radius 2 is 2.03 bits per heavy atom. The molecule has 1 atom stereocenters. The van der Waals surface area contributed by atoms with E-state index in [9.17, 15) is 14.4 Å². The van der Waals surface area contributed by atoms with Crippen LogP contribution in [0.5, 0.6) is 0 Å². The molecule has 0 spiro atoms. The second-order valence-corrected chi connectivity index (χ2v) is 10.5. The van der Waals surface area contributed by atoms with Crippen molar-refractivity contribution in [3.63, 3.8) is 0 Å². The number of carbonyl (C=O) groups is 3. The van der Waals surface area contributed by atoms with Gasteiger partial charge in [-0.25, -0.2) is 9.78 Å². The van der Waals surface area contributed by atoms with Crippen molar-refractivity contribution in [3.05, 3.63) is 57.2 Å². The van der Waals surface area contributed by atoms with Crippen LogP contribution in [0, 0.1) is 6.92 Å². The second-order valence-electron chi connectivity index (χ2n) is 7.23. The van der Waals surface area contributed by atoms with Crippen LogP contribution in [0.25, 0.3) is 10.6 Å². The van der Waals surface area contributed by atoms with E-state index in [1.807, 2.05) is 36.6 Å². The highest BCUT2D eigenvalue weighted by Crippen LogP contribution is 2.30. The van der Waals surface area contributed by atoms with Crippen LogP contribution >= 0.6 is 34.4 Å². The zero-order valence-electron chi connectivity index (χ0n) is 16.9. The van der Waals surface area contributed by atoms with Crippen molar-refractivity contribution in [2.24, 2.45) is 0 Å². The zero-order chi connectivity index (χ0) is 22.0. The number of aryl methyl sites for hydroxylation is 1. The van der Waals surface area contributed by atoms with Crippen LogP contribution in [0.3, 0.4) is 0 Å². The van der Waals surface area contributed by atoms with E-state index in [-0.39, 0.29) is 11.8 Å². The van der Waals surface area contributed by atoms with Crippen LogP contribution in [-0.4, -0.2) is 34.1 Å². The second kappa shape index (κ2) is 8.81. The van der Waals surface area contributed by atoms with Crippen LogP contribution in [-0.2, 0) is 11.3 Å². The van der Waals surface area contributed by atoms with Crippen molar-refractivity contribution < 1.29 is 14.4 Å². The van der Waals surface area contributed by atoms with Crippen molar-refractivity contribution in [3.8, 4) is 10.6 Å². The molecule has 0 radical (unpaired) electrons. The average Bonchev–Trinajstić information content (AvgIpc) is 3.44. The van der Waals surface area contributed by atoms with Crippen molar-refractivity contribution in [1.29, 1.82) is 0 Å². The summed E-state index contributed by atoms with van der Waals surface area (Å²) in [4.78, 5) is 43.7. The molecule has 160 valence electrons. The van der Waals surface area contributed by atoms with E-state index in [0.717, 1.165) is 25.4 Å². The lowest BCUT2D eigenvalue weighted by Gasteiger charge is -2.20. The minimum atomic E-state index is -1.01. The van der Waals surface area contributed by atoms with Gasteiger partial charge >= 0.3 is 6.03 Å². The summed E-state index contributed by atoms with van der Waals surface area (Å²) in [6.45, 7) is 4.06.